The smallest absolute Gasteiger partial charge is 0.268 e. The van der Waals surface area contributed by atoms with Crippen molar-refractivity contribution in [2.75, 3.05) is 0 Å². The zero-order chi connectivity index (χ0) is 14.9. The van der Waals surface area contributed by atoms with Gasteiger partial charge in [-0.25, -0.2) is 18.1 Å². The Balaban J connectivity index is 2.27. The lowest BCUT2D eigenvalue weighted by Crippen LogP contribution is -2.30. The Kier molecular flexibility index (Phi) is 4.55. The Morgan fingerprint density at radius 2 is 1.95 bits per heavy atom. The number of carbonyl (C=O) groups is 1. The van der Waals surface area contributed by atoms with E-state index in [4.69, 9.17) is 34.8 Å². The van der Waals surface area contributed by atoms with E-state index >= 15 is 0 Å². The number of amides is 1. The molecule has 0 bridgehead atoms. The summed E-state index contributed by atoms with van der Waals surface area (Å²) in [6, 6.07) is 4.10. The minimum atomic E-state index is -4.03. The van der Waals surface area contributed by atoms with Gasteiger partial charge in [0.05, 0.1) is 16.8 Å². The number of thiazole rings is 1. The maximum atomic E-state index is 11.9. The summed E-state index contributed by atoms with van der Waals surface area (Å²) in [6.07, 6.45) is 1.06. The van der Waals surface area contributed by atoms with Gasteiger partial charge in [0.2, 0.25) is 0 Å². The molecule has 0 saturated heterocycles. The number of hydrogen-bond donors (Lipinski definition) is 1. The normalized spacial score (nSPS) is 11.3. The maximum absolute atomic E-state index is 11.9. The molecule has 0 radical (unpaired) electrons. The first kappa shape index (κ1) is 15.5. The topological polar surface area (TPSA) is 76.1 Å². The number of sulfonamides is 1. The van der Waals surface area contributed by atoms with E-state index in [2.05, 4.69) is 4.98 Å². The van der Waals surface area contributed by atoms with Crippen molar-refractivity contribution >= 4 is 62.1 Å². The van der Waals surface area contributed by atoms with Crippen LogP contribution in [0.4, 0.5) is 0 Å². The van der Waals surface area contributed by atoms with Crippen molar-refractivity contribution in [3.8, 4) is 0 Å². The van der Waals surface area contributed by atoms with E-state index in [1.165, 1.54) is 18.2 Å². The van der Waals surface area contributed by atoms with Gasteiger partial charge in [-0.15, -0.1) is 0 Å². The van der Waals surface area contributed by atoms with E-state index in [0.29, 0.717) is 5.02 Å². The van der Waals surface area contributed by atoms with E-state index in [-0.39, 0.29) is 19.3 Å². The van der Waals surface area contributed by atoms with E-state index in [1.54, 1.807) is 0 Å². The summed E-state index contributed by atoms with van der Waals surface area (Å²) in [4.78, 5) is 15.5. The lowest BCUT2D eigenvalue weighted by Gasteiger charge is -2.06. The molecule has 0 aliphatic heterocycles. The third-order valence-electron chi connectivity index (χ3n) is 2.12. The number of nitrogens with one attached hydrogen (secondary N) is 1. The first-order chi connectivity index (χ1) is 9.29. The first-order valence-electron chi connectivity index (χ1n) is 4.93. The molecule has 0 spiro atoms. The number of aromatic nitrogens is 1. The largest absolute Gasteiger partial charge is 0.275 e. The number of hydrogen-bond acceptors (Lipinski definition) is 5. The van der Waals surface area contributed by atoms with Crippen LogP contribution in [0.15, 0.2) is 28.6 Å². The Morgan fingerprint density at radius 1 is 1.25 bits per heavy atom. The number of nitrogens with zero attached hydrogens (tertiary/aromatic N) is 1. The molecule has 0 aliphatic carbocycles. The van der Waals surface area contributed by atoms with E-state index in [0.717, 1.165) is 17.5 Å². The van der Waals surface area contributed by atoms with Gasteiger partial charge in [0, 0.05) is 5.02 Å². The summed E-state index contributed by atoms with van der Waals surface area (Å²) < 4.78 is 25.6. The summed E-state index contributed by atoms with van der Waals surface area (Å²) in [5.41, 5.74) is -0.00439. The Morgan fingerprint density at radius 3 is 2.50 bits per heavy atom. The van der Waals surface area contributed by atoms with Crippen LogP contribution in [0.3, 0.4) is 0 Å². The van der Waals surface area contributed by atoms with Gasteiger partial charge in [0.1, 0.15) is 0 Å². The summed E-state index contributed by atoms with van der Waals surface area (Å²) in [5, 5.41) is 0.385. The van der Waals surface area contributed by atoms with Crippen LogP contribution >= 0.6 is 46.1 Å². The van der Waals surface area contributed by atoms with Crippen LogP contribution in [-0.4, -0.2) is 19.3 Å². The first-order valence-corrected chi connectivity index (χ1v) is 8.36. The van der Waals surface area contributed by atoms with E-state index in [9.17, 15) is 13.2 Å². The van der Waals surface area contributed by atoms with Gasteiger partial charge in [0.15, 0.2) is 8.68 Å². The molecule has 1 N–H and O–H groups in total. The highest BCUT2D eigenvalue weighted by molar-refractivity contribution is 7.92. The monoisotopic (exact) mass is 370 g/mol. The summed E-state index contributed by atoms with van der Waals surface area (Å²) >= 11 is 17.8. The second-order valence-corrected chi connectivity index (χ2v) is 7.86. The van der Waals surface area contributed by atoms with E-state index in [1.807, 2.05) is 4.72 Å². The van der Waals surface area contributed by atoms with Crippen LogP contribution in [-0.2, 0) is 10.0 Å². The van der Waals surface area contributed by atoms with Crippen LogP contribution < -0.4 is 4.72 Å². The van der Waals surface area contributed by atoms with Crippen LogP contribution in [0.5, 0.6) is 0 Å². The van der Waals surface area contributed by atoms with Crippen molar-refractivity contribution in [3.63, 3.8) is 0 Å². The second-order valence-electron chi connectivity index (χ2n) is 3.49. The molecule has 106 valence electrons. The highest BCUT2D eigenvalue weighted by Crippen LogP contribution is 2.24. The SMILES string of the molecule is O=C(NS(=O)(=O)c1cnc(Cl)s1)c1ccc(Cl)cc1Cl. The lowest BCUT2D eigenvalue weighted by atomic mass is 10.2. The zero-order valence-electron chi connectivity index (χ0n) is 9.43. The van der Waals surface area contributed by atoms with Gasteiger partial charge in [-0.1, -0.05) is 46.1 Å². The highest BCUT2D eigenvalue weighted by Gasteiger charge is 2.22. The fourth-order valence-corrected chi connectivity index (χ4v) is 4.02. The molecule has 1 heterocycles. The van der Waals surface area contributed by atoms with Crippen LogP contribution in [0.2, 0.25) is 14.5 Å². The van der Waals surface area contributed by atoms with Gasteiger partial charge >= 0.3 is 0 Å². The third kappa shape index (κ3) is 3.42. The number of benzene rings is 1. The number of halogens is 3. The van der Waals surface area contributed by atoms with Crippen molar-refractivity contribution in [1.82, 2.24) is 9.71 Å². The molecule has 0 fully saturated rings. The van der Waals surface area contributed by atoms with Gasteiger partial charge in [-0.2, -0.15) is 0 Å². The maximum Gasteiger partial charge on any atom is 0.275 e. The molecule has 0 saturated carbocycles. The lowest BCUT2D eigenvalue weighted by molar-refractivity contribution is 0.0981. The average molecular weight is 372 g/mol. The van der Waals surface area contributed by atoms with Crippen molar-refractivity contribution in [2.24, 2.45) is 0 Å². The molecule has 0 atom stereocenters. The molecule has 0 aliphatic rings. The fraction of sp³-hybridized carbons (Fsp3) is 0. The van der Waals surface area contributed by atoms with Crippen molar-refractivity contribution < 1.29 is 13.2 Å². The Labute approximate surface area is 133 Å². The van der Waals surface area contributed by atoms with Crippen LogP contribution in [0.25, 0.3) is 0 Å². The van der Waals surface area contributed by atoms with Crippen molar-refractivity contribution in [1.29, 1.82) is 0 Å². The van der Waals surface area contributed by atoms with E-state index < -0.39 is 15.9 Å². The van der Waals surface area contributed by atoms with Gasteiger partial charge in [-0.3, -0.25) is 4.79 Å². The number of carbonyl (C=O) groups excluding carboxylic acids is 1. The molecule has 5 nitrogen and oxygen atoms in total. The molecule has 10 heteroatoms. The second kappa shape index (κ2) is 5.87. The molecule has 1 amide bonds. The molecular formula is C10H5Cl3N2O3S2. The third-order valence-corrected chi connectivity index (χ3v) is 5.58. The molecular weight excluding hydrogens is 367 g/mol. The summed E-state index contributed by atoms with van der Waals surface area (Å²) in [6.45, 7) is 0. The fourth-order valence-electron chi connectivity index (χ4n) is 1.26. The highest BCUT2D eigenvalue weighted by atomic mass is 35.5. The van der Waals surface area contributed by atoms with Gasteiger partial charge < -0.3 is 0 Å². The Hall–Kier alpha value is -0.860. The standard InChI is InChI=1S/C10H5Cl3N2O3S2/c11-5-1-2-6(7(12)3-5)9(16)15-20(17,18)8-4-14-10(13)19-8/h1-4H,(H,15,16). The molecule has 20 heavy (non-hydrogen) atoms. The Bertz CT molecular complexity index is 774. The molecule has 1 aromatic carbocycles. The van der Waals surface area contributed by atoms with Gasteiger partial charge in [-0.05, 0) is 18.2 Å². The number of rotatable bonds is 3. The molecule has 1 aromatic heterocycles. The quantitative estimate of drug-likeness (QED) is 0.898. The molecule has 0 unspecified atom stereocenters. The summed E-state index contributed by atoms with van der Waals surface area (Å²) in [5.74, 6) is -0.865. The van der Waals surface area contributed by atoms with Crippen molar-refractivity contribution in [3.05, 3.63) is 44.5 Å². The predicted octanol–water partition coefficient (Wildman–Crippen LogP) is 3.22. The van der Waals surface area contributed by atoms with Crippen molar-refractivity contribution in [2.45, 2.75) is 4.21 Å². The van der Waals surface area contributed by atoms with Crippen LogP contribution in [0.1, 0.15) is 10.4 Å². The average Bonchev–Trinajstić information content (AvgIpc) is 2.75. The minimum absolute atomic E-state index is 0.00439. The zero-order valence-corrected chi connectivity index (χ0v) is 13.3. The summed E-state index contributed by atoms with van der Waals surface area (Å²) in [7, 11) is -4.03. The van der Waals surface area contributed by atoms with Gasteiger partial charge in [0.25, 0.3) is 15.9 Å². The minimum Gasteiger partial charge on any atom is -0.268 e. The molecule has 2 aromatic rings. The van der Waals surface area contributed by atoms with Crippen LogP contribution in [0, 0.1) is 0 Å². The predicted molar refractivity (Wildman–Crippen MR) is 78.2 cm³/mol. The molecule has 2 rings (SSSR count).